The van der Waals surface area contributed by atoms with E-state index in [9.17, 15) is 9.18 Å². The van der Waals surface area contributed by atoms with Crippen LogP contribution in [0.2, 0.25) is 0 Å². The number of ether oxygens (including phenoxy) is 1. The van der Waals surface area contributed by atoms with E-state index in [1.807, 2.05) is 6.92 Å². The Kier molecular flexibility index (Phi) is 5.93. The number of amides is 1. The smallest absolute Gasteiger partial charge is 0.254 e. The van der Waals surface area contributed by atoms with Crippen LogP contribution in [0.4, 0.5) is 10.2 Å². The molecule has 24 heavy (non-hydrogen) atoms. The third-order valence-corrected chi connectivity index (χ3v) is 3.82. The highest BCUT2D eigenvalue weighted by molar-refractivity contribution is 5.94. The summed E-state index contributed by atoms with van der Waals surface area (Å²) < 4.78 is 20.2. The third kappa shape index (κ3) is 3.92. The van der Waals surface area contributed by atoms with Crippen LogP contribution in [0.3, 0.4) is 0 Å². The molecule has 0 unspecified atom stereocenters. The SMILES string of the molecule is Cc1cc(NC(=O)[C@@H]2CC[C@H](CN)O2)n(-c2ccc(F)cc2)n1.Cl. The van der Waals surface area contributed by atoms with Crippen LogP contribution in [0.15, 0.2) is 30.3 Å². The number of aromatic nitrogens is 2. The zero-order chi connectivity index (χ0) is 16.4. The van der Waals surface area contributed by atoms with Gasteiger partial charge in [0, 0.05) is 12.6 Å². The molecule has 1 saturated heterocycles. The van der Waals surface area contributed by atoms with E-state index < -0.39 is 6.10 Å². The third-order valence-electron chi connectivity index (χ3n) is 3.82. The van der Waals surface area contributed by atoms with Crippen LogP contribution in [-0.4, -0.2) is 34.4 Å². The lowest BCUT2D eigenvalue weighted by Gasteiger charge is -2.13. The van der Waals surface area contributed by atoms with Crippen LogP contribution in [0.25, 0.3) is 5.69 Å². The number of benzene rings is 1. The van der Waals surface area contributed by atoms with Crippen LogP contribution in [0, 0.1) is 12.7 Å². The van der Waals surface area contributed by atoms with Gasteiger partial charge < -0.3 is 15.8 Å². The van der Waals surface area contributed by atoms with E-state index >= 15 is 0 Å². The molecule has 1 aromatic heterocycles. The molecule has 3 rings (SSSR count). The number of hydrogen-bond acceptors (Lipinski definition) is 4. The summed E-state index contributed by atoms with van der Waals surface area (Å²) in [5, 5.41) is 7.17. The molecule has 0 spiro atoms. The molecule has 3 N–H and O–H groups in total. The first-order chi connectivity index (χ1) is 11.1. The van der Waals surface area contributed by atoms with Gasteiger partial charge in [-0.05, 0) is 44.0 Å². The molecule has 0 aliphatic carbocycles. The van der Waals surface area contributed by atoms with Crippen molar-refractivity contribution < 1.29 is 13.9 Å². The Morgan fingerprint density at radius 1 is 1.42 bits per heavy atom. The van der Waals surface area contributed by atoms with Crippen molar-refractivity contribution in [1.82, 2.24) is 9.78 Å². The van der Waals surface area contributed by atoms with Crippen molar-refractivity contribution in [2.75, 3.05) is 11.9 Å². The number of carbonyl (C=O) groups excluding carboxylic acids is 1. The van der Waals surface area contributed by atoms with Crippen molar-refractivity contribution >= 4 is 24.1 Å². The van der Waals surface area contributed by atoms with Crippen molar-refractivity contribution in [2.24, 2.45) is 5.73 Å². The molecule has 2 atom stereocenters. The van der Waals surface area contributed by atoms with Gasteiger partial charge in [0.2, 0.25) is 0 Å². The van der Waals surface area contributed by atoms with E-state index in [1.165, 1.54) is 12.1 Å². The lowest BCUT2D eigenvalue weighted by Crippen LogP contribution is -2.30. The van der Waals surface area contributed by atoms with Gasteiger partial charge in [-0.1, -0.05) is 0 Å². The fourth-order valence-corrected chi connectivity index (χ4v) is 2.65. The largest absolute Gasteiger partial charge is 0.364 e. The molecule has 0 bridgehead atoms. The predicted octanol–water partition coefficient (Wildman–Crippen LogP) is 2.19. The summed E-state index contributed by atoms with van der Waals surface area (Å²) >= 11 is 0. The first-order valence-corrected chi connectivity index (χ1v) is 7.56. The van der Waals surface area contributed by atoms with Crippen molar-refractivity contribution in [1.29, 1.82) is 0 Å². The van der Waals surface area contributed by atoms with E-state index in [1.54, 1.807) is 22.9 Å². The van der Waals surface area contributed by atoms with Gasteiger partial charge in [-0.3, -0.25) is 4.79 Å². The molecule has 1 amide bonds. The first-order valence-electron chi connectivity index (χ1n) is 7.56. The van der Waals surface area contributed by atoms with Gasteiger partial charge >= 0.3 is 0 Å². The minimum Gasteiger partial charge on any atom is -0.364 e. The standard InChI is InChI=1S/C16H19FN4O2.ClH/c1-10-8-15(19-16(22)14-7-6-13(9-18)23-14)21(20-10)12-4-2-11(17)3-5-12;/h2-5,8,13-14H,6-7,9,18H2,1H3,(H,19,22);1H/t13-,14+;/m1./s1. The van der Waals surface area contributed by atoms with Crippen LogP contribution >= 0.6 is 12.4 Å². The van der Waals surface area contributed by atoms with Crippen LogP contribution in [0.1, 0.15) is 18.5 Å². The molecule has 0 radical (unpaired) electrons. The number of hydrogen-bond donors (Lipinski definition) is 2. The highest BCUT2D eigenvalue weighted by atomic mass is 35.5. The summed E-state index contributed by atoms with van der Waals surface area (Å²) in [7, 11) is 0. The topological polar surface area (TPSA) is 82.2 Å². The lowest BCUT2D eigenvalue weighted by molar-refractivity contribution is -0.126. The molecule has 1 aliphatic rings. The Morgan fingerprint density at radius 2 is 2.12 bits per heavy atom. The van der Waals surface area contributed by atoms with E-state index in [0.29, 0.717) is 24.5 Å². The zero-order valence-corrected chi connectivity index (χ0v) is 14.1. The molecule has 1 aliphatic heterocycles. The monoisotopic (exact) mass is 354 g/mol. The maximum absolute atomic E-state index is 13.1. The highest BCUT2D eigenvalue weighted by Crippen LogP contribution is 2.22. The molecule has 1 aromatic carbocycles. The number of anilines is 1. The summed E-state index contributed by atoms with van der Waals surface area (Å²) in [6.45, 7) is 2.24. The number of nitrogens with two attached hydrogens (primary N) is 1. The van der Waals surface area contributed by atoms with Gasteiger partial charge in [0.1, 0.15) is 17.7 Å². The summed E-state index contributed by atoms with van der Waals surface area (Å²) in [5.41, 5.74) is 6.98. The van der Waals surface area contributed by atoms with E-state index in [4.69, 9.17) is 10.5 Å². The van der Waals surface area contributed by atoms with E-state index in [0.717, 1.165) is 12.1 Å². The first kappa shape index (κ1) is 18.4. The van der Waals surface area contributed by atoms with Gasteiger partial charge in [0.25, 0.3) is 5.91 Å². The van der Waals surface area contributed by atoms with Gasteiger partial charge in [-0.15, -0.1) is 12.4 Å². The highest BCUT2D eigenvalue weighted by Gasteiger charge is 2.30. The Hall–Kier alpha value is -1.96. The summed E-state index contributed by atoms with van der Waals surface area (Å²) in [5.74, 6) is -0.0153. The molecule has 2 heterocycles. The molecule has 130 valence electrons. The fourth-order valence-electron chi connectivity index (χ4n) is 2.65. The summed E-state index contributed by atoms with van der Waals surface area (Å²) in [6.07, 6.45) is 0.872. The van der Waals surface area contributed by atoms with Crippen LogP contribution in [-0.2, 0) is 9.53 Å². The fraction of sp³-hybridized carbons (Fsp3) is 0.375. The normalized spacial score (nSPS) is 19.8. The number of carbonyl (C=O) groups is 1. The van der Waals surface area contributed by atoms with Crippen molar-refractivity contribution in [3.05, 3.63) is 41.8 Å². The average molecular weight is 355 g/mol. The number of nitrogens with one attached hydrogen (secondary N) is 1. The van der Waals surface area contributed by atoms with Gasteiger partial charge in [0.15, 0.2) is 0 Å². The van der Waals surface area contributed by atoms with Gasteiger partial charge in [-0.2, -0.15) is 5.10 Å². The van der Waals surface area contributed by atoms with Gasteiger partial charge in [-0.25, -0.2) is 9.07 Å². The second kappa shape index (κ2) is 7.74. The van der Waals surface area contributed by atoms with Crippen molar-refractivity contribution in [3.8, 4) is 5.69 Å². The number of rotatable bonds is 4. The molecular weight excluding hydrogens is 335 g/mol. The molecule has 8 heteroatoms. The molecule has 6 nitrogen and oxygen atoms in total. The van der Waals surface area contributed by atoms with Crippen LogP contribution < -0.4 is 11.1 Å². The second-order valence-corrected chi connectivity index (χ2v) is 5.61. The van der Waals surface area contributed by atoms with Crippen molar-refractivity contribution in [3.63, 3.8) is 0 Å². The van der Waals surface area contributed by atoms with E-state index in [-0.39, 0.29) is 30.2 Å². The number of nitrogens with zero attached hydrogens (tertiary/aromatic N) is 2. The van der Waals surface area contributed by atoms with Crippen molar-refractivity contribution in [2.45, 2.75) is 32.0 Å². The Labute approximate surface area is 145 Å². The molecule has 1 fully saturated rings. The lowest BCUT2D eigenvalue weighted by atomic mass is 10.2. The van der Waals surface area contributed by atoms with E-state index in [2.05, 4.69) is 10.4 Å². The quantitative estimate of drug-likeness (QED) is 0.881. The minimum atomic E-state index is -0.500. The Morgan fingerprint density at radius 3 is 2.75 bits per heavy atom. The number of aryl methyl sites for hydroxylation is 1. The maximum atomic E-state index is 13.1. The summed E-state index contributed by atoms with van der Waals surface area (Å²) in [6, 6.07) is 7.67. The maximum Gasteiger partial charge on any atom is 0.254 e. The molecule has 2 aromatic rings. The number of halogens is 2. The predicted molar refractivity (Wildman–Crippen MR) is 91.1 cm³/mol. The molecular formula is C16H20ClFN4O2. The summed E-state index contributed by atoms with van der Waals surface area (Å²) in [4.78, 5) is 12.3. The van der Waals surface area contributed by atoms with Crippen LogP contribution in [0.5, 0.6) is 0 Å². The van der Waals surface area contributed by atoms with Gasteiger partial charge in [0.05, 0.1) is 17.5 Å². The second-order valence-electron chi connectivity index (χ2n) is 5.61. The molecule has 0 saturated carbocycles. The Bertz CT molecular complexity index is 705. The minimum absolute atomic E-state index is 0. The average Bonchev–Trinajstić information content (AvgIpc) is 3.15. The zero-order valence-electron chi connectivity index (χ0n) is 13.2. The Balaban J connectivity index is 0.00000208.